The highest BCUT2D eigenvalue weighted by Crippen LogP contribution is 2.30. The first-order chi connectivity index (χ1) is 13.1. The van der Waals surface area contributed by atoms with Gasteiger partial charge in [-0.1, -0.05) is 6.07 Å². The van der Waals surface area contributed by atoms with Crippen molar-refractivity contribution in [1.82, 2.24) is 10.2 Å². The lowest BCUT2D eigenvalue weighted by Crippen LogP contribution is -2.36. The van der Waals surface area contributed by atoms with Gasteiger partial charge in [0.2, 0.25) is 5.91 Å². The quantitative estimate of drug-likeness (QED) is 0.863. The van der Waals surface area contributed by atoms with Crippen molar-refractivity contribution in [2.75, 3.05) is 31.1 Å². The number of anilines is 1. The van der Waals surface area contributed by atoms with Crippen molar-refractivity contribution in [3.8, 4) is 0 Å². The molecule has 1 atom stereocenters. The molecule has 0 bridgehead atoms. The number of hydrogen-bond acceptors (Lipinski definition) is 4. The predicted octanol–water partition coefficient (Wildman–Crippen LogP) is 3.22. The van der Waals surface area contributed by atoms with E-state index in [4.69, 9.17) is 0 Å². The minimum Gasteiger partial charge on any atom is -0.350 e. The van der Waals surface area contributed by atoms with Crippen molar-refractivity contribution in [3.63, 3.8) is 0 Å². The van der Waals surface area contributed by atoms with Gasteiger partial charge in [0.25, 0.3) is 5.91 Å². The average molecular weight is 384 g/mol. The van der Waals surface area contributed by atoms with Crippen LogP contribution in [0, 0.1) is 0 Å². The molecule has 0 aliphatic carbocycles. The molecule has 2 aliphatic heterocycles. The minimum atomic E-state index is -0.0418. The van der Waals surface area contributed by atoms with Gasteiger partial charge in [-0.05, 0) is 67.6 Å². The fourth-order valence-corrected chi connectivity index (χ4v) is 4.97. The fraction of sp³-hybridized carbons (Fsp3) is 0.429. The number of benzene rings is 1. The first kappa shape index (κ1) is 18.2. The minimum absolute atomic E-state index is 0.0418. The van der Waals surface area contributed by atoms with Crippen molar-refractivity contribution in [1.29, 1.82) is 0 Å². The van der Waals surface area contributed by atoms with Crippen LogP contribution in [0.4, 0.5) is 5.69 Å². The van der Waals surface area contributed by atoms with E-state index < -0.39 is 0 Å². The van der Waals surface area contributed by atoms with Crippen LogP contribution in [0.3, 0.4) is 0 Å². The molecule has 1 fully saturated rings. The number of amides is 2. The Bertz CT molecular complexity index is 828. The Hall–Kier alpha value is -2.18. The summed E-state index contributed by atoms with van der Waals surface area (Å²) in [7, 11) is 0. The topological polar surface area (TPSA) is 52.7 Å². The third kappa shape index (κ3) is 3.77. The van der Waals surface area contributed by atoms with Crippen molar-refractivity contribution in [3.05, 3.63) is 51.7 Å². The van der Waals surface area contributed by atoms with Crippen molar-refractivity contribution >= 4 is 28.8 Å². The lowest BCUT2D eigenvalue weighted by Gasteiger charge is -2.27. The van der Waals surface area contributed by atoms with Crippen LogP contribution in [-0.4, -0.2) is 42.9 Å². The Balaban J connectivity index is 1.45. The summed E-state index contributed by atoms with van der Waals surface area (Å²) in [6, 6.07) is 10.1. The molecule has 142 valence electrons. The number of fused-ring (bicyclic) bond motifs is 1. The van der Waals surface area contributed by atoms with Crippen LogP contribution in [0.1, 0.15) is 46.6 Å². The molecule has 0 radical (unpaired) electrons. The van der Waals surface area contributed by atoms with Crippen LogP contribution in [0.5, 0.6) is 0 Å². The highest BCUT2D eigenvalue weighted by atomic mass is 32.1. The number of nitrogens with zero attached hydrogens (tertiary/aromatic N) is 2. The predicted molar refractivity (Wildman–Crippen MR) is 108 cm³/mol. The summed E-state index contributed by atoms with van der Waals surface area (Å²) in [5.41, 5.74) is 2.69. The number of nitrogens with one attached hydrogen (secondary N) is 1. The van der Waals surface area contributed by atoms with Crippen molar-refractivity contribution in [2.24, 2.45) is 0 Å². The molecule has 2 aromatic rings. The second-order valence-electron chi connectivity index (χ2n) is 7.25. The summed E-state index contributed by atoms with van der Waals surface area (Å²) in [5, 5.41) is 5.23. The molecule has 1 aromatic heterocycles. The summed E-state index contributed by atoms with van der Waals surface area (Å²) in [6.45, 7) is 5.09. The average Bonchev–Trinajstić information content (AvgIpc) is 3.42. The number of hydrogen-bond donors (Lipinski definition) is 1. The molecule has 1 unspecified atom stereocenters. The third-order valence-corrected chi connectivity index (χ3v) is 6.50. The van der Waals surface area contributed by atoms with Gasteiger partial charge in [-0.25, -0.2) is 0 Å². The fourth-order valence-electron chi connectivity index (χ4n) is 4.11. The number of carbonyl (C=O) groups excluding carboxylic acids is 2. The second-order valence-corrected chi connectivity index (χ2v) is 8.23. The molecule has 5 nitrogen and oxygen atoms in total. The first-order valence-electron chi connectivity index (χ1n) is 9.60. The van der Waals surface area contributed by atoms with Crippen LogP contribution in [0.25, 0.3) is 0 Å². The monoisotopic (exact) mass is 383 g/mol. The molecule has 27 heavy (non-hydrogen) atoms. The van der Waals surface area contributed by atoms with Gasteiger partial charge >= 0.3 is 0 Å². The van der Waals surface area contributed by atoms with Gasteiger partial charge in [-0.3, -0.25) is 14.5 Å². The number of thiophene rings is 1. The molecule has 1 N–H and O–H groups in total. The second kappa shape index (κ2) is 7.82. The molecule has 1 saturated heterocycles. The summed E-state index contributed by atoms with van der Waals surface area (Å²) in [4.78, 5) is 30.0. The van der Waals surface area contributed by atoms with Crippen LogP contribution >= 0.6 is 11.3 Å². The first-order valence-corrected chi connectivity index (χ1v) is 10.5. The molecule has 0 spiro atoms. The van der Waals surface area contributed by atoms with Crippen LogP contribution in [0.2, 0.25) is 0 Å². The third-order valence-electron chi connectivity index (χ3n) is 5.53. The van der Waals surface area contributed by atoms with E-state index in [2.05, 4.69) is 27.7 Å². The molecule has 4 rings (SSSR count). The Morgan fingerprint density at radius 1 is 1.19 bits per heavy atom. The lowest BCUT2D eigenvalue weighted by atomic mass is 10.1. The Morgan fingerprint density at radius 2 is 2.00 bits per heavy atom. The lowest BCUT2D eigenvalue weighted by molar-refractivity contribution is -0.116. The van der Waals surface area contributed by atoms with Gasteiger partial charge in [0, 0.05) is 36.1 Å². The van der Waals surface area contributed by atoms with Gasteiger partial charge in [-0.2, -0.15) is 0 Å². The highest BCUT2D eigenvalue weighted by Gasteiger charge is 2.26. The smallest absolute Gasteiger partial charge is 0.251 e. The molecular formula is C21H25N3O2S. The standard InChI is InChI=1S/C21H25N3O2S/c1-15(25)24-11-8-16-13-17(6-7-18(16)24)21(26)22-14-19(20-5-4-12-27-20)23-9-2-3-10-23/h4-7,12-13,19H,2-3,8-11,14H2,1H3,(H,22,26). The Kier molecular flexibility index (Phi) is 5.27. The maximum atomic E-state index is 12.7. The van der Waals surface area contributed by atoms with Crippen LogP contribution < -0.4 is 10.2 Å². The molecule has 2 amide bonds. The van der Waals surface area contributed by atoms with Crippen molar-refractivity contribution < 1.29 is 9.59 Å². The summed E-state index contributed by atoms with van der Waals surface area (Å²) in [6.07, 6.45) is 3.27. The zero-order valence-corrected chi connectivity index (χ0v) is 16.4. The van der Waals surface area contributed by atoms with E-state index >= 15 is 0 Å². The highest BCUT2D eigenvalue weighted by molar-refractivity contribution is 7.10. The normalized spacial score (nSPS) is 17.7. The van der Waals surface area contributed by atoms with E-state index in [0.29, 0.717) is 18.7 Å². The summed E-state index contributed by atoms with van der Waals surface area (Å²) < 4.78 is 0. The molecule has 2 aliphatic rings. The molecule has 0 saturated carbocycles. The Labute approximate surface area is 164 Å². The molecular weight excluding hydrogens is 358 g/mol. The van der Waals surface area contributed by atoms with Gasteiger partial charge in [0.05, 0.1) is 6.04 Å². The number of carbonyl (C=O) groups is 2. The van der Waals surface area contributed by atoms with Crippen molar-refractivity contribution in [2.45, 2.75) is 32.2 Å². The van der Waals surface area contributed by atoms with Gasteiger partial charge in [0.1, 0.15) is 0 Å². The number of likely N-dealkylation sites (tertiary alicyclic amines) is 1. The van der Waals surface area contributed by atoms with E-state index in [1.54, 1.807) is 23.2 Å². The van der Waals surface area contributed by atoms with Gasteiger partial charge in [0.15, 0.2) is 0 Å². The van der Waals surface area contributed by atoms with Crippen LogP contribution in [-0.2, 0) is 11.2 Å². The number of rotatable bonds is 5. The van der Waals surface area contributed by atoms with E-state index in [-0.39, 0.29) is 17.9 Å². The SMILES string of the molecule is CC(=O)N1CCc2cc(C(=O)NCC(c3cccs3)N3CCCC3)ccc21. The van der Waals surface area contributed by atoms with Crippen LogP contribution in [0.15, 0.2) is 35.7 Å². The van der Waals surface area contributed by atoms with E-state index in [0.717, 1.165) is 30.8 Å². The van der Waals surface area contributed by atoms with E-state index in [1.807, 2.05) is 18.2 Å². The zero-order chi connectivity index (χ0) is 18.8. The van der Waals surface area contributed by atoms with E-state index in [9.17, 15) is 9.59 Å². The van der Waals surface area contributed by atoms with E-state index in [1.165, 1.54) is 17.7 Å². The van der Waals surface area contributed by atoms with Gasteiger partial charge in [-0.15, -0.1) is 11.3 Å². The molecule has 3 heterocycles. The Morgan fingerprint density at radius 3 is 2.70 bits per heavy atom. The maximum absolute atomic E-state index is 12.7. The molecule has 1 aromatic carbocycles. The molecule has 6 heteroatoms. The maximum Gasteiger partial charge on any atom is 0.251 e. The van der Waals surface area contributed by atoms with Gasteiger partial charge < -0.3 is 10.2 Å². The summed E-state index contributed by atoms with van der Waals surface area (Å²) >= 11 is 1.75. The zero-order valence-electron chi connectivity index (χ0n) is 15.6. The largest absolute Gasteiger partial charge is 0.350 e. The summed E-state index contributed by atoms with van der Waals surface area (Å²) in [5.74, 6) is 0.00943.